The molecule has 3 N–H and O–H groups in total. The Labute approximate surface area is 131 Å². The summed E-state index contributed by atoms with van der Waals surface area (Å²) >= 11 is 0. The Balaban J connectivity index is 1.80. The van der Waals surface area contributed by atoms with Gasteiger partial charge in [0.05, 0.1) is 11.1 Å². The van der Waals surface area contributed by atoms with Gasteiger partial charge in [-0.15, -0.1) is 0 Å². The highest BCUT2D eigenvalue weighted by Crippen LogP contribution is 2.33. The normalized spacial score (nSPS) is 17.5. The zero-order valence-electron chi connectivity index (χ0n) is 12.6. The number of amides is 1. The van der Waals surface area contributed by atoms with Gasteiger partial charge < -0.3 is 20.5 Å². The first-order valence-electron chi connectivity index (χ1n) is 7.14. The van der Waals surface area contributed by atoms with E-state index in [-0.39, 0.29) is 24.8 Å². The molecule has 8 heteroatoms. The predicted octanol–water partition coefficient (Wildman–Crippen LogP) is 1.39. The Morgan fingerprint density at radius 3 is 2.43 bits per heavy atom. The van der Waals surface area contributed by atoms with E-state index in [1.165, 1.54) is 24.1 Å². The zero-order chi connectivity index (χ0) is 17.3. The highest BCUT2D eigenvalue weighted by Gasteiger charge is 2.47. The van der Waals surface area contributed by atoms with Gasteiger partial charge in [0.1, 0.15) is 18.5 Å². The fourth-order valence-electron chi connectivity index (χ4n) is 2.11. The molecule has 23 heavy (non-hydrogen) atoms. The lowest BCUT2D eigenvalue weighted by Gasteiger charge is -2.23. The van der Waals surface area contributed by atoms with Crippen LogP contribution in [-0.2, 0) is 11.0 Å². The van der Waals surface area contributed by atoms with Gasteiger partial charge in [-0.05, 0) is 37.1 Å². The van der Waals surface area contributed by atoms with Crippen molar-refractivity contribution in [2.24, 2.45) is 5.73 Å². The first kappa shape index (κ1) is 17.6. The van der Waals surface area contributed by atoms with Crippen LogP contribution in [0.1, 0.15) is 18.4 Å². The maximum absolute atomic E-state index is 12.4. The first-order valence-corrected chi connectivity index (χ1v) is 7.14. The van der Waals surface area contributed by atoms with Crippen molar-refractivity contribution in [1.29, 1.82) is 0 Å². The maximum atomic E-state index is 12.4. The maximum Gasteiger partial charge on any atom is 0.416 e. The van der Waals surface area contributed by atoms with Gasteiger partial charge in [0.15, 0.2) is 0 Å². The van der Waals surface area contributed by atoms with E-state index in [4.69, 9.17) is 10.5 Å². The van der Waals surface area contributed by atoms with Gasteiger partial charge in [0.25, 0.3) is 0 Å². The summed E-state index contributed by atoms with van der Waals surface area (Å²) in [4.78, 5) is 13.3. The third-order valence-electron chi connectivity index (χ3n) is 3.67. The first-order chi connectivity index (χ1) is 10.6. The number of hydrogen-bond donors (Lipinski definition) is 2. The Bertz CT molecular complexity index is 556. The molecule has 128 valence electrons. The number of benzene rings is 1. The van der Waals surface area contributed by atoms with Crippen molar-refractivity contribution in [1.82, 2.24) is 4.90 Å². The summed E-state index contributed by atoms with van der Waals surface area (Å²) in [6.45, 7) is -0.0982. The standard InChI is InChI=1S/C15H19F3N2O3/c1-20(13(22)14(19)6-7-14)8-11(21)9-23-12-4-2-10(3-5-12)15(16,17)18/h2-5,11,21H,6-9,19H2,1H3. The number of rotatable bonds is 6. The van der Waals surface area contributed by atoms with E-state index < -0.39 is 23.4 Å². The molecule has 1 aromatic carbocycles. The van der Waals surface area contributed by atoms with Gasteiger partial charge in [-0.25, -0.2) is 0 Å². The average molecular weight is 332 g/mol. The van der Waals surface area contributed by atoms with E-state index in [1.807, 2.05) is 0 Å². The molecule has 1 aliphatic rings. The Hall–Kier alpha value is -1.80. The highest BCUT2D eigenvalue weighted by molar-refractivity contribution is 5.88. The number of halogens is 3. The Kier molecular flexibility index (Phi) is 4.86. The lowest BCUT2D eigenvalue weighted by atomic mass is 10.2. The van der Waals surface area contributed by atoms with Crippen LogP contribution in [-0.4, -0.2) is 47.8 Å². The lowest BCUT2D eigenvalue weighted by molar-refractivity contribution is -0.137. The molecule has 0 bridgehead atoms. The summed E-state index contributed by atoms with van der Waals surface area (Å²) in [6, 6.07) is 4.18. The minimum absolute atomic E-state index is 0.0401. The minimum Gasteiger partial charge on any atom is -0.491 e. The summed E-state index contributed by atoms with van der Waals surface area (Å²) < 4.78 is 42.5. The third-order valence-corrected chi connectivity index (χ3v) is 3.67. The van der Waals surface area contributed by atoms with E-state index in [9.17, 15) is 23.1 Å². The molecule has 0 spiro atoms. The molecule has 1 aromatic rings. The number of likely N-dealkylation sites (N-methyl/N-ethyl adjacent to an activating group) is 1. The van der Waals surface area contributed by atoms with Crippen LogP contribution >= 0.6 is 0 Å². The molecule has 1 fully saturated rings. The van der Waals surface area contributed by atoms with Crippen LogP contribution < -0.4 is 10.5 Å². The summed E-state index contributed by atoms with van der Waals surface area (Å²) in [5, 5.41) is 9.86. The van der Waals surface area contributed by atoms with Gasteiger partial charge >= 0.3 is 6.18 Å². The molecule has 0 radical (unpaired) electrons. The number of nitrogens with zero attached hydrogens (tertiary/aromatic N) is 1. The number of carbonyl (C=O) groups is 1. The Morgan fingerprint density at radius 2 is 1.96 bits per heavy atom. The number of alkyl halides is 3. The van der Waals surface area contributed by atoms with Crippen molar-refractivity contribution in [2.75, 3.05) is 20.2 Å². The number of ether oxygens (including phenoxy) is 1. The van der Waals surface area contributed by atoms with E-state index in [0.717, 1.165) is 12.1 Å². The topological polar surface area (TPSA) is 75.8 Å². The number of aliphatic hydroxyl groups is 1. The number of hydrogen-bond acceptors (Lipinski definition) is 4. The number of aliphatic hydroxyl groups excluding tert-OH is 1. The van der Waals surface area contributed by atoms with Crippen molar-refractivity contribution >= 4 is 5.91 Å². The van der Waals surface area contributed by atoms with E-state index in [0.29, 0.717) is 12.8 Å². The van der Waals surface area contributed by atoms with Crippen molar-refractivity contribution in [3.63, 3.8) is 0 Å². The quantitative estimate of drug-likeness (QED) is 0.826. The summed E-state index contributed by atoms with van der Waals surface area (Å²) in [7, 11) is 1.54. The van der Waals surface area contributed by atoms with Gasteiger partial charge in [-0.1, -0.05) is 0 Å². The van der Waals surface area contributed by atoms with Crippen molar-refractivity contribution < 1.29 is 27.8 Å². The van der Waals surface area contributed by atoms with Gasteiger partial charge in [0.2, 0.25) is 5.91 Å². The second-order valence-corrected chi connectivity index (χ2v) is 5.83. The van der Waals surface area contributed by atoms with Crippen LogP contribution in [0.4, 0.5) is 13.2 Å². The van der Waals surface area contributed by atoms with E-state index in [2.05, 4.69) is 0 Å². The largest absolute Gasteiger partial charge is 0.491 e. The fraction of sp³-hybridized carbons (Fsp3) is 0.533. The molecule has 0 saturated heterocycles. The van der Waals surface area contributed by atoms with Gasteiger partial charge in [0, 0.05) is 13.6 Å². The SMILES string of the molecule is CN(CC(O)COc1ccc(C(F)(F)F)cc1)C(=O)C1(N)CC1. The van der Waals surface area contributed by atoms with Crippen molar-refractivity contribution in [3.05, 3.63) is 29.8 Å². The molecule has 1 saturated carbocycles. The molecule has 1 atom stereocenters. The highest BCUT2D eigenvalue weighted by atomic mass is 19.4. The Morgan fingerprint density at radius 1 is 1.39 bits per heavy atom. The van der Waals surface area contributed by atoms with Gasteiger partial charge in [-0.2, -0.15) is 13.2 Å². The molecule has 1 amide bonds. The molecule has 1 aliphatic carbocycles. The molecule has 1 unspecified atom stereocenters. The molecule has 0 heterocycles. The van der Waals surface area contributed by atoms with E-state index in [1.54, 1.807) is 0 Å². The summed E-state index contributed by atoms with van der Waals surface area (Å²) in [5.41, 5.74) is 4.21. The lowest BCUT2D eigenvalue weighted by Crippen LogP contribution is -2.47. The molecule has 0 aliphatic heterocycles. The zero-order valence-corrected chi connectivity index (χ0v) is 12.6. The van der Waals surface area contributed by atoms with Crippen LogP contribution in [0.5, 0.6) is 5.75 Å². The van der Waals surface area contributed by atoms with E-state index >= 15 is 0 Å². The second-order valence-electron chi connectivity index (χ2n) is 5.83. The third kappa shape index (κ3) is 4.59. The average Bonchev–Trinajstić information content (AvgIpc) is 3.23. The van der Waals surface area contributed by atoms with Crippen LogP contribution in [0.25, 0.3) is 0 Å². The molecular weight excluding hydrogens is 313 g/mol. The molecule has 0 aromatic heterocycles. The van der Waals surface area contributed by atoms with Crippen LogP contribution in [0.2, 0.25) is 0 Å². The predicted molar refractivity (Wildman–Crippen MR) is 76.7 cm³/mol. The van der Waals surface area contributed by atoms with Crippen molar-refractivity contribution in [2.45, 2.75) is 30.7 Å². The van der Waals surface area contributed by atoms with Crippen LogP contribution in [0.3, 0.4) is 0 Å². The number of carbonyl (C=O) groups excluding carboxylic acids is 1. The number of nitrogens with two attached hydrogens (primary N) is 1. The van der Waals surface area contributed by atoms with Crippen LogP contribution in [0.15, 0.2) is 24.3 Å². The molecule has 2 rings (SSSR count). The van der Waals surface area contributed by atoms with Crippen LogP contribution in [0, 0.1) is 0 Å². The monoisotopic (exact) mass is 332 g/mol. The summed E-state index contributed by atoms with van der Waals surface area (Å²) in [6.07, 6.45) is -4.10. The minimum atomic E-state index is -4.40. The smallest absolute Gasteiger partial charge is 0.416 e. The molecular formula is C15H19F3N2O3. The summed E-state index contributed by atoms with van der Waals surface area (Å²) in [5.74, 6) is -0.0189. The van der Waals surface area contributed by atoms with Crippen molar-refractivity contribution in [3.8, 4) is 5.75 Å². The second kappa shape index (κ2) is 6.37. The fourth-order valence-corrected chi connectivity index (χ4v) is 2.11. The van der Waals surface area contributed by atoms with Gasteiger partial charge in [-0.3, -0.25) is 4.79 Å². The molecule has 5 nitrogen and oxygen atoms in total.